The molecule has 0 aliphatic heterocycles. The number of nitrogens with zero attached hydrogens (tertiary/aromatic N) is 2. The molecule has 14 heavy (non-hydrogen) atoms. The summed E-state index contributed by atoms with van der Waals surface area (Å²) in [5, 5.41) is 9.08. The summed E-state index contributed by atoms with van der Waals surface area (Å²) in [7, 11) is 2.07. The molecule has 0 radical (unpaired) electrons. The van der Waals surface area contributed by atoms with Gasteiger partial charge in [0.25, 0.3) is 0 Å². The second-order valence-electron chi connectivity index (χ2n) is 3.98. The summed E-state index contributed by atoms with van der Waals surface area (Å²) in [6.07, 6.45) is 2.53. The number of hydrogen-bond donors (Lipinski definition) is 1. The van der Waals surface area contributed by atoms with Crippen molar-refractivity contribution < 1.29 is 5.11 Å². The van der Waals surface area contributed by atoms with Crippen molar-refractivity contribution in [2.45, 2.75) is 32.4 Å². The Morgan fingerprint density at radius 1 is 1.50 bits per heavy atom. The number of anilines is 1. The molecule has 1 aliphatic rings. The zero-order valence-electron chi connectivity index (χ0n) is 8.70. The van der Waals surface area contributed by atoms with E-state index >= 15 is 0 Å². The molecule has 0 spiro atoms. The van der Waals surface area contributed by atoms with E-state index in [1.807, 2.05) is 19.1 Å². The molecule has 3 heteroatoms. The van der Waals surface area contributed by atoms with Crippen molar-refractivity contribution in [2.24, 2.45) is 0 Å². The Labute approximate surface area is 84.4 Å². The summed E-state index contributed by atoms with van der Waals surface area (Å²) >= 11 is 0. The van der Waals surface area contributed by atoms with E-state index in [0.717, 1.165) is 17.1 Å². The molecule has 1 N–H and O–H groups in total. The lowest BCUT2D eigenvalue weighted by molar-refractivity contribution is 0.281. The lowest BCUT2D eigenvalue weighted by atomic mass is 10.2. The zero-order valence-corrected chi connectivity index (χ0v) is 8.70. The highest BCUT2D eigenvalue weighted by molar-refractivity contribution is 5.43. The van der Waals surface area contributed by atoms with Crippen LogP contribution in [0.1, 0.15) is 24.1 Å². The molecular formula is C11H16N2O. The molecule has 0 bridgehead atoms. The molecule has 0 atom stereocenters. The summed E-state index contributed by atoms with van der Waals surface area (Å²) in [6, 6.07) is 4.55. The third kappa shape index (κ3) is 1.87. The fraction of sp³-hybridized carbons (Fsp3) is 0.545. The van der Waals surface area contributed by atoms with Crippen LogP contribution in [-0.4, -0.2) is 23.2 Å². The average Bonchev–Trinajstić information content (AvgIpc) is 2.99. The van der Waals surface area contributed by atoms with Gasteiger partial charge in [-0.05, 0) is 37.5 Å². The van der Waals surface area contributed by atoms with Gasteiger partial charge in [0, 0.05) is 18.8 Å². The first-order valence-electron chi connectivity index (χ1n) is 5.02. The van der Waals surface area contributed by atoms with Gasteiger partial charge < -0.3 is 10.0 Å². The number of aliphatic hydroxyl groups is 1. The highest BCUT2D eigenvalue weighted by Gasteiger charge is 2.27. The maximum Gasteiger partial charge on any atom is 0.129 e. The van der Waals surface area contributed by atoms with Crippen molar-refractivity contribution in [3.63, 3.8) is 0 Å². The van der Waals surface area contributed by atoms with Crippen LogP contribution in [0.3, 0.4) is 0 Å². The van der Waals surface area contributed by atoms with Gasteiger partial charge in [-0.1, -0.05) is 0 Å². The minimum atomic E-state index is 0.0921. The van der Waals surface area contributed by atoms with E-state index in [1.54, 1.807) is 0 Å². The van der Waals surface area contributed by atoms with Crippen molar-refractivity contribution in [2.75, 3.05) is 11.9 Å². The van der Waals surface area contributed by atoms with Gasteiger partial charge in [0.05, 0.1) is 6.61 Å². The topological polar surface area (TPSA) is 36.4 Å². The third-order valence-corrected chi connectivity index (χ3v) is 2.64. The van der Waals surface area contributed by atoms with Gasteiger partial charge >= 0.3 is 0 Å². The monoisotopic (exact) mass is 192 g/mol. The van der Waals surface area contributed by atoms with Gasteiger partial charge in [-0.2, -0.15) is 0 Å². The summed E-state index contributed by atoms with van der Waals surface area (Å²) in [6.45, 7) is 2.05. The molecule has 1 aromatic heterocycles. The third-order valence-electron chi connectivity index (χ3n) is 2.64. The second-order valence-corrected chi connectivity index (χ2v) is 3.98. The number of hydrogen-bond acceptors (Lipinski definition) is 3. The minimum Gasteiger partial charge on any atom is -0.392 e. The van der Waals surface area contributed by atoms with E-state index in [9.17, 15) is 0 Å². The predicted molar refractivity (Wildman–Crippen MR) is 56.3 cm³/mol. The Balaban J connectivity index is 2.27. The zero-order chi connectivity index (χ0) is 10.1. The van der Waals surface area contributed by atoms with Crippen molar-refractivity contribution in [1.29, 1.82) is 0 Å². The summed E-state index contributed by atoms with van der Waals surface area (Å²) in [4.78, 5) is 6.66. The predicted octanol–water partition coefficient (Wildman–Crippen LogP) is 1.48. The number of aromatic nitrogens is 1. The van der Waals surface area contributed by atoms with Crippen molar-refractivity contribution in [1.82, 2.24) is 4.98 Å². The Morgan fingerprint density at radius 3 is 2.79 bits per heavy atom. The van der Waals surface area contributed by atoms with Crippen LogP contribution in [0.2, 0.25) is 0 Å². The smallest absolute Gasteiger partial charge is 0.129 e. The second kappa shape index (κ2) is 3.58. The maximum absolute atomic E-state index is 9.08. The number of aryl methyl sites for hydroxylation is 1. The van der Waals surface area contributed by atoms with E-state index in [-0.39, 0.29) is 6.61 Å². The largest absolute Gasteiger partial charge is 0.392 e. The first kappa shape index (κ1) is 9.46. The Bertz CT molecular complexity index is 334. The Morgan fingerprint density at radius 2 is 2.21 bits per heavy atom. The summed E-state index contributed by atoms with van der Waals surface area (Å²) in [5.74, 6) is 0.983. The lowest BCUT2D eigenvalue weighted by Crippen LogP contribution is -2.21. The van der Waals surface area contributed by atoms with Crippen LogP contribution in [0.5, 0.6) is 0 Å². The Hall–Kier alpha value is -1.09. The van der Waals surface area contributed by atoms with Gasteiger partial charge in [0.2, 0.25) is 0 Å². The molecule has 2 rings (SSSR count). The Kier molecular flexibility index (Phi) is 2.42. The molecule has 76 valence electrons. The van der Waals surface area contributed by atoms with Crippen LogP contribution in [0.4, 0.5) is 5.82 Å². The maximum atomic E-state index is 9.08. The molecule has 3 nitrogen and oxygen atoms in total. The van der Waals surface area contributed by atoms with Crippen molar-refractivity contribution in [3.8, 4) is 0 Å². The molecule has 1 heterocycles. The van der Waals surface area contributed by atoms with Gasteiger partial charge in [0.15, 0.2) is 0 Å². The highest BCUT2D eigenvalue weighted by Crippen LogP contribution is 2.29. The van der Waals surface area contributed by atoms with Crippen LogP contribution in [-0.2, 0) is 6.61 Å². The molecule has 1 aliphatic carbocycles. The fourth-order valence-electron chi connectivity index (χ4n) is 1.64. The molecule has 1 aromatic rings. The first-order valence-corrected chi connectivity index (χ1v) is 5.02. The SMILES string of the molecule is Cc1cc(CO)cc(N(C)C2CC2)n1. The van der Waals surface area contributed by atoms with Crippen molar-refractivity contribution in [3.05, 3.63) is 23.4 Å². The van der Waals surface area contributed by atoms with Gasteiger partial charge in [-0.25, -0.2) is 4.98 Å². The molecular weight excluding hydrogens is 176 g/mol. The lowest BCUT2D eigenvalue weighted by Gasteiger charge is -2.18. The van der Waals surface area contributed by atoms with Crippen LogP contribution >= 0.6 is 0 Å². The summed E-state index contributed by atoms with van der Waals surface area (Å²) in [5.41, 5.74) is 1.92. The van der Waals surface area contributed by atoms with E-state index in [0.29, 0.717) is 6.04 Å². The van der Waals surface area contributed by atoms with Gasteiger partial charge in [-0.3, -0.25) is 0 Å². The van der Waals surface area contributed by atoms with E-state index in [4.69, 9.17) is 5.11 Å². The molecule has 0 aromatic carbocycles. The quantitative estimate of drug-likeness (QED) is 0.788. The average molecular weight is 192 g/mol. The van der Waals surface area contributed by atoms with Gasteiger partial charge in [-0.15, -0.1) is 0 Å². The van der Waals surface area contributed by atoms with Crippen LogP contribution in [0.25, 0.3) is 0 Å². The normalized spacial score (nSPS) is 15.6. The van der Waals surface area contributed by atoms with Crippen LogP contribution in [0.15, 0.2) is 12.1 Å². The first-order chi connectivity index (χ1) is 6.70. The summed E-state index contributed by atoms with van der Waals surface area (Å²) < 4.78 is 0. The van der Waals surface area contributed by atoms with E-state index < -0.39 is 0 Å². The van der Waals surface area contributed by atoms with Crippen LogP contribution < -0.4 is 4.90 Å². The fourth-order valence-corrected chi connectivity index (χ4v) is 1.64. The van der Waals surface area contributed by atoms with Crippen molar-refractivity contribution >= 4 is 5.82 Å². The molecule has 1 saturated carbocycles. The molecule has 1 fully saturated rings. The van der Waals surface area contributed by atoms with Gasteiger partial charge in [0.1, 0.15) is 5.82 Å². The minimum absolute atomic E-state index is 0.0921. The number of rotatable bonds is 3. The molecule has 0 saturated heterocycles. The van der Waals surface area contributed by atoms with Crippen LogP contribution in [0, 0.1) is 6.92 Å². The highest BCUT2D eigenvalue weighted by atomic mass is 16.3. The standard InChI is InChI=1S/C11H16N2O/c1-8-5-9(7-14)6-11(12-8)13(2)10-3-4-10/h5-6,10,14H,3-4,7H2,1-2H3. The molecule has 0 amide bonds. The van der Waals surface area contributed by atoms with E-state index in [2.05, 4.69) is 16.9 Å². The van der Waals surface area contributed by atoms with E-state index in [1.165, 1.54) is 12.8 Å². The number of aliphatic hydroxyl groups excluding tert-OH is 1. The molecule has 0 unspecified atom stereocenters. The number of pyridine rings is 1.